The predicted molar refractivity (Wildman–Crippen MR) is 241 cm³/mol. The van der Waals surface area contributed by atoms with Gasteiger partial charge in [0.1, 0.15) is 0 Å². The number of nitrogens with zero attached hydrogens (tertiary/aromatic N) is 6. The lowest BCUT2D eigenvalue weighted by Gasteiger charge is -2.16. The molecule has 270 valence electrons. The lowest BCUT2D eigenvalue weighted by atomic mass is 10.1. The number of benzene rings is 8. The maximum Gasteiger partial charge on any atom is 0.240 e. The van der Waals surface area contributed by atoms with E-state index in [0.717, 1.165) is 54.9 Å². The molecule has 5 aromatic heterocycles. The average Bonchev–Trinajstić information content (AvgIpc) is 4.06. The first-order valence-electron chi connectivity index (χ1n) is 21.1. The molecule has 0 unspecified atom stereocenters. The maximum atomic E-state index is 9.28. The molecule has 0 aliphatic carbocycles. The van der Waals surface area contributed by atoms with Crippen molar-refractivity contribution in [2.45, 2.75) is 0 Å². The number of thiophene rings is 1. The van der Waals surface area contributed by atoms with Gasteiger partial charge >= 0.3 is 0 Å². The van der Waals surface area contributed by atoms with Gasteiger partial charge in [-0.05, 0) is 54.6 Å². The van der Waals surface area contributed by atoms with Crippen molar-refractivity contribution < 1.29 is 5.48 Å². The van der Waals surface area contributed by atoms with Crippen LogP contribution in [0.3, 0.4) is 0 Å². The third-order valence-electron chi connectivity index (χ3n) is 11.5. The first kappa shape index (κ1) is 27.9. The van der Waals surface area contributed by atoms with Crippen LogP contribution in [-0.4, -0.2) is 28.7 Å². The van der Waals surface area contributed by atoms with Crippen molar-refractivity contribution in [1.82, 2.24) is 28.7 Å². The number of fused-ring (bicyclic) bond motifs is 13. The first-order chi connectivity index (χ1) is 30.5. The second-order valence-corrected chi connectivity index (χ2v) is 15.6. The molecule has 0 fully saturated rings. The van der Waals surface area contributed by atoms with E-state index in [9.17, 15) is 1.37 Å². The lowest BCUT2D eigenvalue weighted by Crippen LogP contribution is -2.11. The highest BCUT2D eigenvalue weighted by molar-refractivity contribution is 7.26. The molecule has 58 heavy (non-hydrogen) atoms. The van der Waals surface area contributed by atoms with E-state index in [-0.39, 0.29) is 30.1 Å². The van der Waals surface area contributed by atoms with E-state index < -0.39 is 0 Å². The predicted octanol–water partition coefficient (Wildman–Crippen LogP) is 13.2. The number of aromatic nitrogens is 6. The van der Waals surface area contributed by atoms with Gasteiger partial charge in [0, 0.05) is 58.1 Å². The Morgan fingerprint density at radius 2 is 0.914 bits per heavy atom. The Labute approximate surface area is 340 Å². The third kappa shape index (κ3) is 4.33. The molecule has 0 saturated heterocycles. The van der Waals surface area contributed by atoms with Gasteiger partial charge in [-0.15, -0.1) is 11.3 Å². The molecule has 0 radical (unpaired) electrons. The second kappa shape index (κ2) is 11.9. The summed E-state index contributed by atoms with van der Waals surface area (Å²) in [4.78, 5) is 16.0. The summed E-state index contributed by atoms with van der Waals surface area (Å²) in [5.74, 6) is 1.01. The van der Waals surface area contributed by atoms with E-state index >= 15 is 0 Å². The number of hydrogen-bond donors (Lipinski definition) is 0. The Morgan fingerprint density at radius 1 is 0.397 bits per heavy atom. The molecule has 5 heterocycles. The minimum absolute atomic E-state index is 0.114. The van der Waals surface area contributed by atoms with Gasteiger partial charge in [-0.2, -0.15) is 15.0 Å². The fourth-order valence-corrected chi connectivity index (χ4v) is 10.2. The van der Waals surface area contributed by atoms with Crippen molar-refractivity contribution >= 4 is 96.9 Å². The first-order valence-corrected chi connectivity index (χ1v) is 20.0. The molecule has 8 aromatic carbocycles. The molecule has 0 atom stereocenters. The SMILES string of the molecule is [2H]c1c([2H])c([2H])c2c(c1[2H])c1ccccc1n2-c1nc(-c2ccccc2-n2c3ccccc3c3ccc4sc5ccccc5c4c32)nc(-n2c3ccccc3c3ccccc32)n1. The largest absolute Gasteiger partial charge is 0.308 e. The molecule has 0 bridgehead atoms. The number of rotatable bonds is 4. The Balaban J connectivity index is 1.19. The van der Waals surface area contributed by atoms with Crippen molar-refractivity contribution in [2.24, 2.45) is 0 Å². The second-order valence-electron chi connectivity index (χ2n) is 14.5. The van der Waals surface area contributed by atoms with Gasteiger partial charge in [-0.3, -0.25) is 9.13 Å². The Bertz CT molecular complexity index is 4010. The normalized spacial score (nSPS) is 13.1. The van der Waals surface area contributed by atoms with Crippen LogP contribution in [0.1, 0.15) is 5.48 Å². The van der Waals surface area contributed by atoms with Gasteiger partial charge in [0.2, 0.25) is 11.9 Å². The van der Waals surface area contributed by atoms with E-state index in [1.54, 1.807) is 15.9 Å². The topological polar surface area (TPSA) is 53.5 Å². The summed E-state index contributed by atoms with van der Waals surface area (Å²) in [7, 11) is 0. The van der Waals surface area contributed by atoms with Gasteiger partial charge in [0.05, 0.1) is 44.3 Å². The average molecular weight is 763 g/mol. The van der Waals surface area contributed by atoms with E-state index in [0.29, 0.717) is 33.6 Å². The highest BCUT2D eigenvalue weighted by Crippen LogP contribution is 2.44. The molecule has 7 heteroatoms. The van der Waals surface area contributed by atoms with Crippen LogP contribution < -0.4 is 0 Å². The van der Waals surface area contributed by atoms with E-state index in [1.807, 2.05) is 60.7 Å². The van der Waals surface area contributed by atoms with Gasteiger partial charge in [0.25, 0.3) is 0 Å². The van der Waals surface area contributed by atoms with Crippen LogP contribution in [0.4, 0.5) is 0 Å². The Kier molecular flexibility index (Phi) is 5.74. The van der Waals surface area contributed by atoms with Crippen LogP contribution in [0.5, 0.6) is 0 Å². The highest BCUT2D eigenvalue weighted by Gasteiger charge is 2.24. The molecule has 0 aliphatic heterocycles. The summed E-state index contributed by atoms with van der Waals surface area (Å²) in [5.41, 5.74) is 6.59. The van der Waals surface area contributed by atoms with Gasteiger partial charge in [-0.1, -0.05) is 127 Å². The zero-order valence-corrected chi connectivity index (χ0v) is 31.4. The van der Waals surface area contributed by atoms with Crippen LogP contribution in [-0.2, 0) is 0 Å². The van der Waals surface area contributed by atoms with Crippen LogP contribution in [0.15, 0.2) is 182 Å². The standard InChI is InChI=1S/C51H30N6S/c1-9-23-40-31(15-1)32-16-2-10-24-41(32)56(40)50-52-49(53-51(54-50)57-42-25-11-3-17-33(42)34-18-4-12-26-43(34)57)37-20-6-13-27-44(37)55-39-22-8-5-19-35(39)36-29-30-46-47(48(36)55)38-21-7-14-28-45(38)58-46/h1-30H/i1D,9D,15D,23D. The summed E-state index contributed by atoms with van der Waals surface area (Å²) >= 11 is 1.79. The monoisotopic (exact) mass is 762 g/mol. The minimum atomic E-state index is -0.326. The zero-order valence-electron chi connectivity index (χ0n) is 34.6. The molecular formula is C51H30N6S. The van der Waals surface area contributed by atoms with E-state index in [2.05, 4.69) is 106 Å². The Morgan fingerprint density at radius 3 is 1.60 bits per heavy atom. The Hall–Kier alpha value is -7.61. The molecule has 0 N–H and O–H groups in total. The van der Waals surface area contributed by atoms with Gasteiger partial charge in [0.15, 0.2) is 5.82 Å². The van der Waals surface area contributed by atoms with Gasteiger partial charge < -0.3 is 4.57 Å². The fraction of sp³-hybridized carbons (Fsp3) is 0. The molecule has 6 nitrogen and oxygen atoms in total. The van der Waals surface area contributed by atoms with Crippen molar-refractivity contribution in [3.8, 4) is 29.0 Å². The van der Waals surface area contributed by atoms with Crippen LogP contribution >= 0.6 is 11.3 Å². The van der Waals surface area contributed by atoms with Crippen LogP contribution in [0.2, 0.25) is 0 Å². The molecule has 0 saturated carbocycles. The third-order valence-corrected chi connectivity index (χ3v) is 12.6. The smallest absolute Gasteiger partial charge is 0.240 e. The highest BCUT2D eigenvalue weighted by atomic mass is 32.1. The zero-order chi connectivity index (χ0) is 41.4. The van der Waals surface area contributed by atoms with E-state index in [4.69, 9.17) is 19.1 Å². The molecule has 0 spiro atoms. The maximum absolute atomic E-state index is 9.28. The minimum Gasteiger partial charge on any atom is -0.308 e. The van der Waals surface area contributed by atoms with Crippen molar-refractivity contribution in [2.75, 3.05) is 0 Å². The number of hydrogen-bond acceptors (Lipinski definition) is 4. The molecule has 13 aromatic rings. The lowest BCUT2D eigenvalue weighted by molar-refractivity contribution is 0.892. The molecule has 13 rings (SSSR count). The van der Waals surface area contributed by atoms with Gasteiger partial charge in [-0.25, -0.2) is 0 Å². The molecular weight excluding hydrogens is 729 g/mol. The summed E-state index contributed by atoms with van der Waals surface area (Å²) in [5, 5.41) is 7.86. The van der Waals surface area contributed by atoms with Crippen molar-refractivity contribution in [1.29, 1.82) is 0 Å². The number of para-hydroxylation sites is 6. The molecule has 0 aliphatic rings. The van der Waals surface area contributed by atoms with Crippen molar-refractivity contribution in [3.05, 3.63) is 182 Å². The summed E-state index contributed by atoms with van der Waals surface area (Å²) < 4.78 is 44.4. The summed E-state index contributed by atoms with van der Waals surface area (Å²) in [6.07, 6.45) is 0. The van der Waals surface area contributed by atoms with Crippen molar-refractivity contribution in [3.63, 3.8) is 0 Å². The van der Waals surface area contributed by atoms with E-state index in [1.165, 1.54) is 20.2 Å². The summed E-state index contributed by atoms with van der Waals surface area (Å²) in [6, 6.07) is 52.9. The van der Waals surface area contributed by atoms with Crippen LogP contribution in [0, 0.1) is 0 Å². The molecule has 0 amide bonds. The van der Waals surface area contributed by atoms with Crippen LogP contribution in [0.25, 0.3) is 115 Å². The quantitative estimate of drug-likeness (QED) is 0.179. The summed E-state index contributed by atoms with van der Waals surface area (Å²) in [6.45, 7) is 0. The fourth-order valence-electron chi connectivity index (χ4n) is 9.06.